The molecule has 0 spiro atoms. The van der Waals surface area contributed by atoms with Gasteiger partial charge >= 0.3 is 5.97 Å². The Balaban J connectivity index is 1.71. The Morgan fingerprint density at radius 3 is 2.85 bits per heavy atom. The van der Waals surface area contributed by atoms with Gasteiger partial charge in [0.15, 0.2) is 0 Å². The number of carboxylic acid groups (broad SMARTS) is 1. The van der Waals surface area contributed by atoms with Crippen molar-refractivity contribution in [2.24, 2.45) is 5.92 Å². The number of hydrogen-bond acceptors (Lipinski definition) is 4. The van der Waals surface area contributed by atoms with Crippen molar-refractivity contribution in [1.82, 2.24) is 10.2 Å². The zero-order valence-corrected chi connectivity index (χ0v) is 11.7. The average Bonchev–Trinajstić information content (AvgIpc) is 3.09. The van der Waals surface area contributed by atoms with Crippen molar-refractivity contribution in [2.75, 3.05) is 19.6 Å². The summed E-state index contributed by atoms with van der Waals surface area (Å²) in [4.78, 5) is 35.9. The van der Waals surface area contributed by atoms with Crippen LogP contribution in [0.4, 0.5) is 0 Å². The van der Waals surface area contributed by atoms with Gasteiger partial charge in [-0.1, -0.05) is 0 Å². The van der Waals surface area contributed by atoms with E-state index >= 15 is 0 Å². The molecule has 2 N–H and O–H groups in total. The molecule has 6 nitrogen and oxygen atoms in total. The molecule has 1 aliphatic heterocycles. The lowest BCUT2D eigenvalue weighted by Gasteiger charge is -2.15. The zero-order valence-electron chi connectivity index (χ0n) is 10.9. The van der Waals surface area contributed by atoms with E-state index < -0.39 is 11.9 Å². The van der Waals surface area contributed by atoms with Crippen LogP contribution in [-0.2, 0) is 9.59 Å². The molecule has 2 heterocycles. The maximum Gasteiger partial charge on any atom is 0.308 e. The zero-order chi connectivity index (χ0) is 14.5. The molecule has 1 atom stereocenters. The molecule has 1 aromatic heterocycles. The first-order valence-corrected chi connectivity index (χ1v) is 7.33. The Bertz CT molecular complexity index is 500. The number of amides is 2. The second-order valence-corrected chi connectivity index (χ2v) is 5.46. The number of aliphatic carboxylic acids is 1. The lowest BCUT2D eigenvalue weighted by atomic mass is 10.1. The van der Waals surface area contributed by atoms with Crippen LogP contribution in [0.15, 0.2) is 16.8 Å². The van der Waals surface area contributed by atoms with E-state index in [0.29, 0.717) is 18.5 Å². The van der Waals surface area contributed by atoms with Gasteiger partial charge < -0.3 is 15.3 Å². The van der Waals surface area contributed by atoms with Crippen LogP contribution < -0.4 is 5.32 Å². The van der Waals surface area contributed by atoms with Crippen molar-refractivity contribution in [3.05, 3.63) is 22.4 Å². The van der Waals surface area contributed by atoms with Crippen LogP contribution in [0.3, 0.4) is 0 Å². The molecule has 2 rings (SSSR count). The second-order valence-electron chi connectivity index (χ2n) is 4.68. The van der Waals surface area contributed by atoms with Crippen LogP contribution in [0.2, 0.25) is 0 Å². The average molecular weight is 296 g/mol. The largest absolute Gasteiger partial charge is 0.481 e. The Morgan fingerprint density at radius 1 is 1.45 bits per heavy atom. The van der Waals surface area contributed by atoms with E-state index in [1.807, 2.05) is 5.38 Å². The molecule has 0 aromatic carbocycles. The van der Waals surface area contributed by atoms with Crippen molar-refractivity contribution in [1.29, 1.82) is 0 Å². The van der Waals surface area contributed by atoms with E-state index in [-0.39, 0.29) is 31.3 Å². The first-order chi connectivity index (χ1) is 9.58. The molecule has 2 amide bonds. The highest BCUT2D eigenvalue weighted by atomic mass is 32.1. The van der Waals surface area contributed by atoms with Gasteiger partial charge in [0.05, 0.1) is 5.92 Å². The number of carbonyl (C=O) groups excluding carboxylic acids is 2. The molecule has 1 aromatic rings. The third-order valence-corrected chi connectivity index (χ3v) is 3.98. The third-order valence-electron chi connectivity index (χ3n) is 3.30. The summed E-state index contributed by atoms with van der Waals surface area (Å²) < 4.78 is 0. The molecule has 1 saturated heterocycles. The predicted molar refractivity (Wildman–Crippen MR) is 73.6 cm³/mol. The van der Waals surface area contributed by atoms with Crippen LogP contribution in [0.25, 0.3) is 0 Å². The van der Waals surface area contributed by atoms with Crippen molar-refractivity contribution < 1.29 is 19.5 Å². The van der Waals surface area contributed by atoms with Gasteiger partial charge in [0, 0.05) is 37.0 Å². The monoisotopic (exact) mass is 296 g/mol. The Labute approximate surface area is 120 Å². The lowest BCUT2D eigenvalue weighted by Crippen LogP contribution is -2.33. The summed E-state index contributed by atoms with van der Waals surface area (Å²) in [5, 5.41) is 15.1. The van der Waals surface area contributed by atoms with Gasteiger partial charge in [-0.15, -0.1) is 0 Å². The Morgan fingerprint density at radius 2 is 2.25 bits per heavy atom. The van der Waals surface area contributed by atoms with Crippen LogP contribution in [0, 0.1) is 5.92 Å². The van der Waals surface area contributed by atoms with Gasteiger partial charge in [-0.3, -0.25) is 14.4 Å². The standard InChI is InChI=1S/C13H16N2O4S/c16-11(15-5-2-9(7-15)13(18)19)1-4-14-12(17)10-3-6-20-8-10/h3,6,8-9H,1-2,4-5,7H2,(H,14,17)(H,18,19). The quantitative estimate of drug-likeness (QED) is 0.841. The van der Waals surface area contributed by atoms with E-state index in [0.717, 1.165) is 0 Å². The minimum atomic E-state index is -0.855. The van der Waals surface area contributed by atoms with Gasteiger partial charge in [-0.25, -0.2) is 0 Å². The Kier molecular flexibility index (Phi) is 4.73. The van der Waals surface area contributed by atoms with Crippen LogP contribution in [0.1, 0.15) is 23.2 Å². The number of likely N-dealkylation sites (tertiary alicyclic amines) is 1. The minimum absolute atomic E-state index is 0.112. The highest BCUT2D eigenvalue weighted by molar-refractivity contribution is 7.08. The highest BCUT2D eigenvalue weighted by Crippen LogP contribution is 2.16. The van der Waals surface area contributed by atoms with Crippen molar-refractivity contribution in [3.8, 4) is 0 Å². The maximum absolute atomic E-state index is 11.9. The van der Waals surface area contributed by atoms with Crippen LogP contribution >= 0.6 is 11.3 Å². The van der Waals surface area contributed by atoms with Gasteiger partial charge in [-0.05, 0) is 17.9 Å². The maximum atomic E-state index is 11.9. The fraction of sp³-hybridized carbons (Fsp3) is 0.462. The first kappa shape index (κ1) is 14.5. The fourth-order valence-electron chi connectivity index (χ4n) is 2.13. The van der Waals surface area contributed by atoms with Gasteiger partial charge in [-0.2, -0.15) is 11.3 Å². The fourth-order valence-corrected chi connectivity index (χ4v) is 2.76. The number of carboxylic acids is 1. The number of rotatable bonds is 5. The summed E-state index contributed by atoms with van der Waals surface area (Å²) in [5.74, 6) is -1.62. The predicted octanol–water partition coefficient (Wildman–Crippen LogP) is 0.801. The first-order valence-electron chi connectivity index (χ1n) is 6.39. The number of nitrogens with one attached hydrogen (secondary N) is 1. The van der Waals surface area contributed by atoms with E-state index in [2.05, 4.69) is 5.32 Å². The van der Waals surface area contributed by atoms with E-state index in [1.54, 1.807) is 16.3 Å². The molecule has 1 fully saturated rings. The highest BCUT2D eigenvalue weighted by Gasteiger charge is 2.30. The number of nitrogens with zero attached hydrogens (tertiary/aromatic N) is 1. The summed E-state index contributed by atoms with van der Waals surface area (Å²) in [6, 6.07) is 1.72. The minimum Gasteiger partial charge on any atom is -0.481 e. The summed E-state index contributed by atoms with van der Waals surface area (Å²) in [6.45, 7) is 1.02. The molecule has 7 heteroatoms. The summed E-state index contributed by atoms with van der Waals surface area (Å²) in [6.07, 6.45) is 0.699. The Hall–Kier alpha value is -1.89. The molecular formula is C13H16N2O4S. The molecule has 0 saturated carbocycles. The summed E-state index contributed by atoms with van der Waals surface area (Å²) >= 11 is 1.44. The summed E-state index contributed by atoms with van der Waals surface area (Å²) in [5.41, 5.74) is 0.592. The molecule has 108 valence electrons. The molecular weight excluding hydrogens is 280 g/mol. The topological polar surface area (TPSA) is 86.7 Å². The molecule has 0 bridgehead atoms. The molecule has 20 heavy (non-hydrogen) atoms. The molecule has 1 aliphatic rings. The van der Waals surface area contributed by atoms with E-state index in [1.165, 1.54) is 11.3 Å². The molecule has 0 radical (unpaired) electrons. The molecule has 0 aliphatic carbocycles. The lowest BCUT2D eigenvalue weighted by molar-refractivity contribution is -0.141. The summed E-state index contributed by atoms with van der Waals surface area (Å²) in [7, 11) is 0. The number of carbonyl (C=O) groups is 3. The van der Waals surface area contributed by atoms with Gasteiger partial charge in [0.1, 0.15) is 0 Å². The van der Waals surface area contributed by atoms with Gasteiger partial charge in [0.25, 0.3) is 5.91 Å². The SMILES string of the molecule is O=C(NCCC(=O)N1CCC(C(=O)O)C1)c1ccsc1. The smallest absolute Gasteiger partial charge is 0.308 e. The van der Waals surface area contributed by atoms with Crippen LogP contribution in [-0.4, -0.2) is 47.4 Å². The van der Waals surface area contributed by atoms with Crippen molar-refractivity contribution in [3.63, 3.8) is 0 Å². The normalized spacial score (nSPS) is 18.0. The number of hydrogen-bond donors (Lipinski definition) is 2. The van der Waals surface area contributed by atoms with Crippen molar-refractivity contribution >= 4 is 29.1 Å². The second kappa shape index (κ2) is 6.51. The third kappa shape index (κ3) is 3.57. The van der Waals surface area contributed by atoms with Gasteiger partial charge in [0.2, 0.25) is 5.91 Å². The van der Waals surface area contributed by atoms with Crippen LogP contribution in [0.5, 0.6) is 0 Å². The van der Waals surface area contributed by atoms with E-state index in [4.69, 9.17) is 5.11 Å². The molecule has 1 unspecified atom stereocenters. The number of thiophene rings is 1. The van der Waals surface area contributed by atoms with Crippen molar-refractivity contribution in [2.45, 2.75) is 12.8 Å². The van der Waals surface area contributed by atoms with E-state index in [9.17, 15) is 14.4 Å².